The molecule has 0 unspecified atom stereocenters. The Morgan fingerprint density at radius 3 is 2.70 bits per heavy atom. The molecule has 1 heterocycles. The largest absolute Gasteiger partial charge is 0.319 e. The summed E-state index contributed by atoms with van der Waals surface area (Å²) in [7, 11) is 0. The van der Waals surface area contributed by atoms with Gasteiger partial charge in [0.15, 0.2) is 0 Å². The molecule has 0 bridgehead atoms. The Labute approximate surface area is 61.4 Å². The molecule has 0 fully saturated rings. The first-order valence-corrected chi connectivity index (χ1v) is 3.14. The summed E-state index contributed by atoms with van der Waals surface area (Å²) in [4.78, 5) is 3.61. The zero-order valence-corrected chi connectivity index (χ0v) is 5.72. The number of aromatic nitrogens is 2. The number of hydrogen-bond acceptors (Lipinski definition) is 1. The smallest absolute Gasteiger partial charge is 0.280 e. The lowest BCUT2D eigenvalue weighted by Crippen LogP contribution is -1.92. The minimum Gasteiger partial charge on any atom is -0.280 e. The fourth-order valence-corrected chi connectivity index (χ4v) is 0.693. The van der Waals surface area contributed by atoms with Crippen LogP contribution in [0.4, 0.5) is 8.78 Å². The van der Waals surface area contributed by atoms with Gasteiger partial charge in [-0.25, -0.2) is 4.98 Å². The summed E-state index contributed by atoms with van der Waals surface area (Å²) in [6.07, 6.45) is 2.28. The number of alkyl halides is 3. The number of nitrogens with zero attached hydrogens (tertiary/aromatic N) is 2. The quantitative estimate of drug-likeness (QED) is 0.615. The molecule has 0 spiro atoms. The monoisotopic (exact) mass is 166 g/mol. The minimum absolute atomic E-state index is 0.166. The van der Waals surface area contributed by atoms with E-state index in [2.05, 4.69) is 4.98 Å². The molecular formula is C5H5ClF2N2. The van der Waals surface area contributed by atoms with Crippen molar-refractivity contribution in [2.45, 2.75) is 12.4 Å². The van der Waals surface area contributed by atoms with Crippen molar-refractivity contribution in [2.24, 2.45) is 0 Å². The molecule has 0 aromatic carbocycles. The van der Waals surface area contributed by atoms with Crippen molar-refractivity contribution in [1.82, 2.24) is 9.55 Å². The Morgan fingerprint density at radius 1 is 1.70 bits per heavy atom. The van der Waals surface area contributed by atoms with Crippen LogP contribution < -0.4 is 0 Å². The van der Waals surface area contributed by atoms with E-state index in [1.54, 1.807) is 0 Å². The van der Waals surface area contributed by atoms with Crippen molar-refractivity contribution in [1.29, 1.82) is 0 Å². The lowest BCUT2D eigenvalue weighted by molar-refractivity contribution is 0.0701. The van der Waals surface area contributed by atoms with E-state index in [1.165, 1.54) is 6.20 Å². The topological polar surface area (TPSA) is 17.8 Å². The third-order valence-corrected chi connectivity index (χ3v) is 1.29. The first kappa shape index (κ1) is 7.47. The number of halogens is 3. The van der Waals surface area contributed by atoms with Crippen LogP contribution in [0.25, 0.3) is 0 Å². The van der Waals surface area contributed by atoms with Crippen molar-refractivity contribution in [3.8, 4) is 0 Å². The third-order valence-electron chi connectivity index (χ3n) is 1.02. The molecule has 0 radical (unpaired) electrons. The van der Waals surface area contributed by atoms with Gasteiger partial charge in [-0.05, 0) is 0 Å². The molecule has 0 N–H and O–H groups in total. The molecule has 0 amide bonds. The van der Waals surface area contributed by atoms with Crippen LogP contribution in [-0.4, -0.2) is 9.55 Å². The van der Waals surface area contributed by atoms with E-state index in [-0.39, 0.29) is 5.88 Å². The van der Waals surface area contributed by atoms with Crippen molar-refractivity contribution < 1.29 is 8.78 Å². The van der Waals surface area contributed by atoms with E-state index in [1.807, 2.05) is 0 Å². The third kappa shape index (κ3) is 1.44. The molecule has 10 heavy (non-hydrogen) atoms. The zero-order chi connectivity index (χ0) is 7.56. The van der Waals surface area contributed by atoms with Crippen LogP contribution in [0.5, 0.6) is 0 Å². The molecule has 0 aliphatic rings. The molecular weight excluding hydrogens is 162 g/mol. The van der Waals surface area contributed by atoms with E-state index >= 15 is 0 Å². The number of hydrogen-bond donors (Lipinski definition) is 0. The second-order valence-electron chi connectivity index (χ2n) is 1.72. The van der Waals surface area contributed by atoms with Crippen LogP contribution >= 0.6 is 11.6 Å². The van der Waals surface area contributed by atoms with Gasteiger partial charge in [0.1, 0.15) is 0 Å². The van der Waals surface area contributed by atoms with E-state index < -0.39 is 6.55 Å². The Balaban J connectivity index is 2.78. The van der Waals surface area contributed by atoms with Crippen LogP contribution in [0, 0.1) is 0 Å². The molecule has 0 saturated carbocycles. The molecule has 2 nitrogen and oxygen atoms in total. The maximum absolute atomic E-state index is 11.8. The van der Waals surface area contributed by atoms with Gasteiger partial charge in [0.05, 0.1) is 17.9 Å². The standard InChI is InChI=1S/C5H5ClF2N2/c6-1-4-2-10(3-9-4)5(7)8/h2-3,5H,1H2. The molecule has 0 atom stereocenters. The normalized spacial score (nSPS) is 10.8. The average molecular weight is 167 g/mol. The fraction of sp³-hybridized carbons (Fsp3) is 0.400. The van der Waals surface area contributed by atoms with Crippen LogP contribution in [-0.2, 0) is 5.88 Å². The molecule has 1 rings (SSSR count). The highest BCUT2D eigenvalue weighted by Crippen LogP contribution is 2.10. The highest BCUT2D eigenvalue weighted by Gasteiger charge is 2.04. The van der Waals surface area contributed by atoms with Crippen LogP contribution in [0.1, 0.15) is 12.2 Å². The van der Waals surface area contributed by atoms with Gasteiger partial charge in [-0.3, -0.25) is 4.57 Å². The number of rotatable bonds is 2. The maximum Gasteiger partial charge on any atom is 0.319 e. The first-order chi connectivity index (χ1) is 4.74. The summed E-state index contributed by atoms with van der Waals surface area (Å²) in [5.74, 6) is 0.166. The van der Waals surface area contributed by atoms with E-state index in [0.29, 0.717) is 10.3 Å². The molecule has 1 aromatic rings. The summed E-state index contributed by atoms with van der Waals surface area (Å²) in [5.41, 5.74) is 0.460. The van der Waals surface area contributed by atoms with Crippen LogP contribution in [0.2, 0.25) is 0 Å². The summed E-state index contributed by atoms with van der Waals surface area (Å²) in [5, 5.41) is 0. The van der Waals surface area contributed by atoms with E-state index in [0.717, 1.165) is 6.33 Å². The van der Waals surface area contributed by atoms with Crippen LogP contribution in [0.15, 0.2) is 12.5 Å². The minimum atomic E-state index is -2.52. The Kier molecular flexibility index (Phi) is 2.21. The molecule has 0 aliphatic heterocycles. The summed E-state index contributed by atoms with van der Waals surface area (Å²) in [6.45, 7) is -2.52. The van der Waals surface area contributed by atoms with Gasteiger partial charge in [0, 0.05) is 6.20 Å². The van der Waals surface area contributed by atoms with Gasteiger partial charge in [-0.1, -0.05) is 0 Å². The van der Waals surface area contributed by atoms with Gasteiger partial charge in [0.25, 0.3) is 0 Å². The molecule has 0 saturated heterocycles. The van der Waals surface area contributed by atoms with Gasteiger partial charge in [0.2, 0.25) is 0 Å². The second-order valence-corrected chi connectivity index (χ2v) is 1.99. The van der Waals surface area contributed by atoms with Gasteiger partial charge in [-0.15, -0.1) is 11.6 Å². The molecule has 56 valence electrons. The lowest BCUT2D eigenvalue weighted by atomic mass is 10.6. The van der Waals surface area contributed by atoms with Crippen molar-refractivity contribution in [3.05, 3.63) is 18.2 Å². The average Bonchev–Trinajstić information content (AvgIpc) is 2.34. The summed E-state index contributed by atoms with van der Waals surface area (Å²) < 4.78 is 24.3. The van der Waals surface area contributed by atoms with Crippen LogP contribution in [0.3, 0.4) is 0 Å². The molecule has 0 aliphatic carbocycles. The highest BCUT2D eigenvalue weighted by molar-refractivity contribution is 6.16. The fourth-order valence-electron chi connectivity index (χ4n) is 0.555. The maximum atomic E-state index is 11.8. The highest BCUT2D eigenvalue weighted by atomic mass is 35.5. The summed E-state index contributed by atoms with van der Waals surface area (Å²) >= 11 is 5.32. The lowest BCUT2D eigenvalue weighted by Gasteiger charge is -1.94. The predicted molar refractivity (Wildman–Crippen MR) is 33.0 cm³/mol. The molecule has 5 heteroatoms. The zero-order valence-electron chi connectivity index (χ0n) is 4.97. The van der Waals surface area contributed by atoms with Gasteiger partial charge in [-0.2, -0.15) is 8.78 Å². The second kappa shape index (κ2) is 2.96. The van der Waals surface area contributed by atoms with E-state index in [4.69, 9.17) is 11.6 Å². The summed E-state index contributed by atoms with van der Waals surface area (Å²) in [6, 6.07) is 0. The van der Waals surface area contributed by atoms with E-state index in [9.17, 15) is 8.78 Å². The van der Waals surface area contributed by atoms with Crippen molar-refractivity contribution >= 4 is 11.6 Å². The predicted octanol–water partition coefficient (Wildman–Crippen LogP) is 2.02. The Morgan fingerprint density at radius 2 is 2.40 bits per heavy atom. The number of imidazole rings is 1. The van der Waals surface area contributed by atoms with Crippen molar-refractivity contribution in [2.75, 3.05) is 0 Å². The van der Waals surface area contributed by atoms with Gasteiger partial charge >= 0.3 is 6.55 Å². The Bertz CT molecular complexity index is 211. The molecule has 1 aromatic heterocycles. The Hall–Kier alpha value is -0.640. The first-order valence-electron chi connectivity index (χ1n) is 2.60. The van der Waals surface area contributed by atoms with Gasteiger partial charge < -0.3 is 0 Å². The SMILES string of the molecule is FC(F)n1cnc(CCl)c1. The van der Waals surface area contributed by atoms with Crippen molar-refractivity contribution in [3.63, 3.8) is 0 Å².